The summed E-state index contributed by atoms with van der Waals surface area (Å²) in [5, 5.41) is 11.1. The minimum atomic E-state index is -0.605. The van der Waals surface area contributed by atoms with Crippen LogP contribution in [0.3, 0.4) is 0 Å². The van der Waals surface area contributed by atoms with Crippen LogP contribution >= 0.6 is 12.4 Å². The largest absolute Gasteiger partial charge is 0.469 e. The van der Waals surface area contributed by atoms with Crippen LogP contribution in [-0.2, 0) is 0 Å². The predicted molar refractivity (Wildman–Crippen MR) is 53.4 cm³/mol. The molecule has 0 saturated carbocycles. The van der Waals surface area contributed by atoms with E-state index in [9.17, 15) is 10.1 Å². The molecule has 0 radical (unpaired) electrons. The number of nitro groups is 1. The SMILES string of the molecule is Cl.O=[N+]([O-])c1ncc2ccccc2n1. The van der Waals surface area contributed by atoms with Gasteiger partial charge in [0.15, 0.2) is 5.52 Å². The number of hydrogen-bond acceptors (Lipinski definition) is 4. The van der Waals surface area contributed by atoms with E-state index in [-0.39, 0.29) is 18.4 Å². The lowest BCUT2D eigenvalue weighted by molar-refractivity contribution is -0.394. The van der Waals surface area contributed by atoms with E-state index in [0.717, 1.165) is 5.39 Å². The zero-order valence-corrected chi connectivity index (χ0v) is 7.77. The Labute approximate surface area is 85.4 Å². The van der Waals surface area contributed by atoms with Crippen molar-refractivity contribution < 1.29 is 4.92 Å². The average molecular weight is 212 g/mol. The van der Waals surface area contributed by atoms with E-state index >= 15 is 0 Å². The average Bonchev–Trinajstić information content (AvgIpc) is 2.17. The van der Waals surface area contributed by atoms with Gasteiger partial charge in [0, 0.05) is 0 Å². The van der Waals surface area contributed by atoms with Crippen molar-refractivity contribution in [3.8, 4) is 0 Å². The smallest absolute Gasteiger partial charge is 0.390 e. The predicted octanol–water partition coefficient (Wildman–Crippen LogP) is 1.96. The van der Waals surface area contributed by atoms with Crippen molar-refractivity contribution in [1.29, 1.82) is 0 Å². The maximum atomic E-state index is 10.3. The fraction of sp³-hybridized carbons (Fsp3) is 0. The second-order valence-corrected chi connectivity index (χ2v) is 2.49. The molecule has 0 saturated heterocycles. The van der Waals surface area contributed by atoms with E-state index in [4.69, 9.17) is 0 Å². The highest BCUT2D eigenvalue weighted by Gasteiger charge is 2.09. The van der Waals surface area contributed by atoms with Crippen LogP contribution in [0.15, 0.2) is 30.5 Å². The van der Waals surface area contributed by atoms with Crippen LogP contribution in [0.5, 0.6) is 0 Å². The molecule has 2 aromatic rings. The molecule has 72 valence electrons. The maximum Gasteiger partial charge on any atom is 0.469 e. The molecule has 1 aromatic carbocycles. The van der Waals surface area contributed by atoms with Gasteiger partial charge in [0.05, 0.1) is 5.39 Å². The van der Waals surface area contributed by atoms with E-state index in [1.165, 1.54) is 6.20 Å². The Kier molecular flexibility index (Phi) is 2.93. The van der Waals surface area contributed by atoms with Gasteiger partial charge in [0.25, 0.3) is 0 Å². The van der Waals surface area contributed by atoms with E-state index in [2.05, 4.69) is 9.97 Å². The molecule has 0 aliphatic heterocycles. The van der Waals surface area contributed by atoms with Crippen molar-refractivity contribution in [3.05, 3.63) is 40.6 Å². The molecule has 0 aliphatic rings. The third-order valence-corrected chi connectivity index (χ3v) is 1.64. The number of rotatable bonds is 1. The van der Waals surface area contributed by atoms with Crippen molar-refractivity contribution in [2.45, 2.75) is 0 Å². The van der Waals surface area contributed by atoms with Crippen molar-refractivity contribution >= 4 is 29.3 Å². The first-order valence-electron chi connectivity index (χ1n) is 3.63. The normalized spacial score (nSPS) is 9.43. The Morgan fingerprint density at radius 2 is 2.00 bits per heavy atom. The Morgan fingerprint density at radius 1 is 1.29 bits per heavy atom. The summed E-state index contributed by atoms with van der Waals surface area (Å²) in [6, 6.07) is 7.12. The number of hydrogen-bond donors (Lipinski definition) is 0. The standard InChI is InChI=1S/C8H5N3O2.ClH/c12-11(13)8-9-5-6-3-1-2-4-7(6)10-8;/h1-5H;1H. The van der Waals surface area contributed by atoms with Gasteiger partial charge >= 0.3 is 5.95 Å². The summed E-state index contributed by atoms with van der Waals surface area (Å²) >= 11 is 0. The highest BCUT2D eigenvalue weighted by Crippen LogP contribution is 2.12. The number of aromatic nitrogens is 2. The molecule has 0 unspecified atom stereocenters. The van der Waals surface area contributed by atoms with E-state index in [1.807, 2.05) is 6.07 Å². The number of fused-ring (bicyclic) bond motifs is 1. The van der Waals surface area contributed by atoms with Gasteiger partial charge in [0.2, 0.25) is 0 Å². The van der Waals surface area contributed by atoms with Crippen LogP contribution in [0.25, 0.3) is 10.9 Å². The third kappa shape index (κ3) is 1.77. The molecule has 0 amide bonds. The molecule has 1 aromatic heterocycles. The number of halogens is 1. The van der Waals surface area contributed by atoms with Gasteiger partial charge in [-0.25, -0.2) is 0 Å². The summed E-state index contributed by atoms with van der Waals surface area (Å²) in [6.07, 6.45) is 1.44. The van der Waals surface area contributed by atoms with Gasteiger partial charge in [-0.3, -0.25) is 0 Å². The lowest BCUT2D eigenvalue weighted by Crippen LogP contribution is -1.95. The molecular weight excluding hydrogens is 206 g/mol. The van der Waals surface area contributed by atoms with Gasteiger partial charge in [0.1, 0.15) is 6.20 Å². The summed E-state index contributed by atoms with van der Waals surface area (Å²) in [5.41, 5.74) is 0.587. The zero-order valence-electron chi connectivity index (χ0n) is 6.95. The molecule has 0 N–H and O–H groups in total. The van der Waals surface area contributed by atoms with Crippen LogP contribution in [0.1, 0.15) is 0 Å². The van der Waals surface area contributed by atoms with Gasteiger partial charge in [-0.15, -0.1) is 12.4 Å². The first-order chi connectivity index (χ1) is 6.27. The van der Waals surface area contributed by atoms with Crippen LogP contribution in [0.4, 0.5) is 5.95 Å². The molecule has 0 aliphatic carbocycles. The lowest BCUT2D eigenvalue weighted by atomic mass is 10.2. The van der Waals surface area contributed by atoms with Crippen molar-refractivity contribution in [1.82, 2.24) is 9.97 Å². The summed E-state index contributed by atoms with van der Waals surface area (Å²) in [5.74, 6) is -0.362. The van der Waals surface area contributed by atoms with Crippen LogP contribution in [0.2, 0.25) is 0 Å². The first-order valence-corrected chi connectivity index (χ1v) is 3.63. The quantitative estimate of drug-likeness (QED) is 0.534. The highest BCUT2D eigenvalue weighted by molar-refractivity contribution is 5.85. The highest BCUT2D eigenvalue weighted by atomic mass is 35.5. The van der Waals surface area contributed by atoms with E-state index < -0.39 is 4.92 Å². The van der Waals surface area contributed by atoms with Crippen molar-refractivity contribution in [2.24, 2.45) is 0 Å². The van der Waals surface area contributed by atoms with Crippen molar-refractivity contribution in [2.75, 3.05) is 0 Å². The Morgan fingerprint density at radius 3 is 2.71 bits per heavy atom. The van der Waals surface area contributed by atoms with Crippen LogP contribution in [-0.4, -0.2) is 14.9 Å². The molecule has 0 spiro atoms. The molecule has 6 heteroatoms. The summed E-state index contributed by atoms with van der Waals surface area (Å²) in [4.78, 5) is 17.1. The molecular formula is C8H6ClN3O2. The molecule has 2 rings (SSSR count). The molecule has 0 bridgehead atoms. The molecule has 0 atom stereocenters. The van der Waals surface area contributed by atoms with Gasteiger partial charge < -0.3 is 10.1 Å². The summed E-state index contributed by atoms with van der Waals surface area (Å²) < 4.78 is 0. The van der Waals surface area contributed by atoms with Crippen molar-refractivity contribution in [3.63, 3.8) is 0 Å². The van der Waals surface area contributed by atoms with E-state index in [0.29, 0.717) is 5.52 Å². The third-order valence-electron chi connectivity index (χ3n) is 1.64. The topological polar surface area (TPSA) is 68.9 Å². The second kappa shape index (κ2) is 3.97. The second-order valence-electron chi connectivity index (χ2n) is 2.49. The fourth-order valence-corrected chi connectivity index (χ4v) is 1.05. The Bertz CT molecular complexity index is 475. The number of nitrogens with zero attached hydrogens (tertiary/aromatic N) is 3. The molecule has 0 fully saturated rings. The van der Waals surface area contributed by atoms with Gasteiger partial charge in [-0.05, 0) is 17.1 Å². The van der Waals surface area contributed by atoms with Gasteiger partial charge in [-0.2, -0.15) is 0 Å². The maximum absolute atomic E-state index is 10.3. The minimum absolute atomic E-state index is 0. The van der Waals surface area contributed by atoms with Crippen LogP contribution < -0.4 is 0 Å². The first kappa shape index (κ1) is 10.3. The zero-order chi connectivity index (χ0) is 9.26. The Balaban J connectivity index is 0.000000980. The lowest BCUT2D eigenvalue weighted by Gasteiger charge is -1.92. The number of para-hydroxylation sites is 1. The fourth-order valence-electron chi connectivity index (χ4n) is 1.05. The minimum Gasteiger partial charge on any atom is -0.390 e. The molecule has 5 nitrogen and oxygen atoms in total. The van der Waals surface area contributed by atoms with Crippen LogP contribution in [0, 0.1) is 10.1 Å². The molecule has 14 heavy (non-hydrogen) atoms. The monoisotopic (exact) mass is 211 g/mol. The van der Waals surface area contributed by atoms with Gasteiger partial charge in [-0.1, -0.05) is 22.1 Å². The van der Waals surface area contributed by atoms with E-state index in [1.54, 1.807) is 18.2 Å². The number of benzene rings is 1. The Hall–Kier alpha value is -1.75. The molecule has 1 heterocycles. The summed E-state index contributed by atoms with van der Waals surface area (Å²) in [7, 11) is 0. The summed E-state index contributed by atoms with van der Waals surface area (Å²) in [6.45, 7) is 0.